The molecule has 1 heterocycles. The molecule has 0 atom stereocenters. The van der Waals surface area contributed by atoms with Crippen molar-refractivity contribution in [1.82, 2.24) is 14.9 Å². The Balaban J connectivity index is 1.59. The van der Waals surface area contributed by atoms with E-state index in [0.29, 0.717) is 6.61 Å². The minimum atomic E-state index is 0.563. The lowest BCUT2D eigenvalue weighted by atomic mass is 10.2. The van der Waals surface area contributed by atoms with Gasteiger partial charge in [-0.3, -0.25) is 0 Å². The number of hydrogen-bond donors (Lipinski definition) is 0. The van der Waals surface area contributed by atoms with Crippen LogP contribution in [0.5, 0.6) is 5.75 Å². The summed E-state index contributed by atoms with van der Waals surface area (Å²) in [6.45, 7) is 0.563. The van der Waals surface area contributed by atoms with E-state index in [4.69, 9.17) is 4.74 Å². The van der Waals surface area contributed by atoms with Gasteiger partial charge in [0.2, 0.25) is 0 Å². The molecule has 0 bridgehead atoms. The van der Waals surface area contributed by atoms with Crippen LogP contribution >= 0.6 is 0 Å². The number of hydrogen-bond acceptors (Lipinski definition) is 4. The van der Waals surface area contributed by atoms with Crippen molar-refractivity contribution in [2.75, 3.05) is 0 Å². The van der Waals surface area contributed by atoms with Gasteiger partial charge in [-0.2, -0.15) is 5.10 Å². The Morgan fingerprint density at radius 1 is 1.05 bits per heavy atom. The van der Waals surface area contributed by atoms with Gasteiger partial charge in [0.25, 0.3) is 0 Å². The van der Waals surface area contributed by atoms with E-state index in [9.17, 15) is 0 Å². The highest BCUT2D eigenvalue weighted by Gasteiger charge is 1.96. The van der Waals surface area contributed by atoms with Crippen LogP contribution in [0.3, 0.4) is 0 Å². The molecule has 104 valence electrons. The monoisotopic (exact) mass is 278 g/mol. The lowest BCUT2D eigenvalue weighted by Crippen LogP contribution is -1.95. The molecular formula is C16H14N4O. The molecule has 0 amide bonds. The molecule has 0 aliphatic rings. The van der Waals surface area contributed by atoms with E-state index in [1.54, 1.807) is 6.21 Å². The summed E-state index contributed by atoms with van der Waals surface area (Å²) in [6, 6.07) is 17.8. The summed E-state index contributed by atoms with van der Waals surface area (Å²) in [6.07, 6.45) is 4.70. The average Bonchev–Trinajstić information content (AvgIpc) is 3.06. The molecule has 0 saturated heterocycles. The van der Waals surface area contributed by atoms with Crippen molar-refractivity contribution in [3.63, 3.8) is 0 Å². The van der Waals surface area contributed by atoms with E-state index < -0.39 is 0 Å². The van der Waals surface area contributed by atoms with Crippen molar-refractivity contribution in [2.45, 2.75) is 6.61 Å². The highest BCUT2D eigenvalue weighted by atomic mass is 16.5. The first-order chi connectivity index (χ1) is 10.4. The van der Waals surface area contributed by atoms with Gasteiger partial charge in [-0.1, -0.05) is 30.3 Å². The Morgan fingerprint density at radius 3 is 2.57 bits per heavy atom. The maximum atomic E-state index is 5.73. The summed E-state index contributed by atoms with van der Waals surface area (Å²) in [7, 11) is 0. The predicted octanol–water partition coefficient (Wildman–Crippen LogP) is 2.74. The number of nitrogens with zero attached hydrogens (tertiary/aromatic N) is 4. The zero-order valence-electron chi connectivity index (χ0n) is 11.3. The summed E-state index contributed by atoms with van der Waals surface area (Å²) >= 11 is 0. The Hall–Kier alpha value is -2.95. The molecule has 21 heavy (non-hydrogen) atoms. The first-order valence-corrected chi connectivity index (χ1v) is 6.56. The van der Waals surface area contributed by atoms with E-state index in [1.807, 2.05) is 54.6 Å². The quantitative estimate of drug-likeness (QED) is 0.674. The van der Waals surface area contributed by atoms with Crippen LogP contribution in [0.1, 0.15) is 11.1 Å². The van der Waals surface area contributed by atoms with Crippen molar-refractivity contribution in [2.24, 2.45) is 5.10 Å². The predicted molar refractivity (Wildman–Crippen MR) is 80.2 cm³/mol. The molecule has 0 fully saturated rings. The molecule has 0 aliphatic carbocycles. The van der Waals surface area contributed by atoms with Crippen molar-refractivity contribution in [1.29, 1.82) is 0 Å². The lowest BCUT2D eigenvalue weighted by Gasteiger charge is -2.06. The summed E-state index contributed by atoms with van der Waals surface area (Å²) in [5.74, 6) is 0.830. The van der Waals surface area contributed by atoms with Crippen LogP contribution in [0, 0.1) is 0 Å². The molecule has 0 spiro atoms. The highest BCUT2D eigenvalue weighted by Crippen LogP contribution is 2.13. The lowest BCUT2D eigenvalue weighted by molar-refractivity contribution is 0.306. The van der Waals surface area contributed by atoms with Crippen LogP contribution in [-0.2, 0) is 6.61 Å². The molecule has 2 aromatic carbocycles. The molecule has 1 aromatic heterocycles. The minimum absolute atomic E-state index is 0.563. The summed E-state index contributed by atoms with van der Waals surface area (Å²) in [5, 5.41) is 8.03. The number of ether oxygens (including phenoxy) is 1. The van der Waals surface area contributed by atoms with Gasteiger partial charge in [0.1, 0.15) is 25.0 Å². The Labute approximate surface area is 122 Å². The average molecular weight is 278 g/mol. The van der Waals surface area contributed by atoms with Crippen LogP contribution in [0.4, 0.5) is 0 Å². The van der Waals surface area contributed by atoms with Crippen LogP contribution in [-0.4, -0.2) is 21.1 Å². The fraction of sp³-hybridized carbons (Fsp3) is 0.0625. The van der Waals surface area contributed by atoms with Crippen LogP contribution in [0.2, 0.25) is 0 Å². The number of aromatic nitrogens is 3. The van der Waals surface area contributed by atoms with Gasteiger partial charge in [-0.05, 0) is 35.4 Å². The van der Waals surface area contributed by atoms with Crippen LogP contribution < -0.4 is 4.74 Å². The fourth-order valence-corrected chi connectivity index (χ4v) is 1.78. The summed E-state index contributed by atoms with van der Waals surface area (Å²) in [5.41, 5.74) is 2.12. The van der Waals surface area contributed by atoms with E-state index in [1.165, 1.54) is 17.4 Å². The second kappa shape index (κ2) is 6.47. The Morgan fingerprint density at radius 2 is 1.86 bits per heavy atom. The largest absolute Gasteiger partial charge is 0.489 e. The smallest absolute Gasteiger partial charge is 0.139 e. The third kappa shape index (κ3) is 3.76. The molecule has 5 nitrogen and oxygen atoms in total. The minimum Gasteiger partial charge on any atom is -0.489 e. The van der Waals surface area contributed by atoms with E-state index in [-0.39, 0.29) is 0 Å². The maximum absolute atomic E-state index is 5.73. The SMILES string of the molecule is C(=Nn1cncn1)c1ccc(OCc2ccccc2)cc1. The molecule has 0 N–H and O–H groups in total. The van der Waals surface area contributed by atoms with Crippen LogP contribution in [0.15, 0.2) is 72.4 Å². The second-order valence-electron chi connectivity index (χ2n) is 4.40. The molecule has 0 unspecified atom stereocenters. The molecular weight excluding hydrogens is 264 g/mol. The molecule has 0 radical (unpaired) electrons. The van der Waals surface area contributed by atoms with E-state index in [2.05, 4.69) is 15.2 Å². The Kier molecular flexibility index (Phi) is 4.02. The summed E-state index contributed by atoms with van der Waals surface area (Å²) in [4.78, 5) is 5.22. The van der Waals surface area contributed by atoms with E-state index >= 15 is 0 Å². The molecule has 5 heteroatoms. The fourth-order valence-electron chi connectivity index (χ4n) is 1.78. The van der Waals surface area contributed by atoms with Gasteiger partial charge in [0.05, 0.1) is 6.21 Å². The summed E-state index contributed by atoms with van der Waals surface area (Å²) < 4.78 is 5.73. The van der Waals surface area contributed by atoms with Gasteiger partial charge in [0.15, 0.2) is 0 Å². The Bertz CT molecular complexity index is 691. The topological polar surface area (TPSA) is 52.3 Å². The first kappa shape index (κ1) is 13.1. The maximum Gasteiger partial charge on any atom is 0.139 e. The molecule has 3 rings (SSSR count). The van der Waals surface area contributed by atoms with Gasteiger partial charge in [-0.25, -0.2) is 4.98 Å². The molecule has 3 aromatic rings. The van der Waals surface area contributed by atoms with Gasteiger partial charge < -0.3 is 4.74 Å². The van der Waals surface area contributed by atoms with E-state index in [0.717, 1.165) is 16.9 Å². The van der Waals surface area contributed by atoms with Crippen LogP contribution in [0.25, 0.3) is 0 Å². The first-order valence-electron chi connectivity index (χ1n) is 6.56. The van der Waals surface area contributed by atoms with Gasteiger partial charge in [0, 0.05) is 0 Å². The number of rotatable bonds is 5. The third-order valence-electron chi connectivity index (χ3n) is 2.86. The normalized spacial score (nSPS) is 10.9. The van der Waals surface area contributed by atoms with Crippen molar-refractivity contribution < 1.29 is 4.74 Å². The molecule has 0 aliphatic heterocycles. The zero-order valence-corrected chi connectivity index (χ0v) is 11.3. The molecule has 0 saturated carbocycles. The standard InChI is InChI=1S/C16H14N4O/c1-2-4-15(5-3-1)11-21-16-8-6-14(7-9-16)10-18-20-13-17-12-19-20/h1-10,12-13H,11H2. The third-order valence-corrected chi connectivity index (χ3v) is 2.86. The second-order valence-corrected chi connectivity index (χ2v) is 4.40. The van der Waals surface area contributed by atoms with Crippen molar-refractivity contribution >= 4 is 6.21 Å². The highest BCUT2D eigenvalue weighted by molar-refractivity contribution is 5.79. The van der Waals surface area contributed by atoms with Crippen molar-refractivity contribution in [3.8, 4) is 5.75 Å². The van der Waals surface area contributed by atoms with Gasteiger partial charge >= 0.3 is 0 Å². The number of benzene rings is 2. The van der Waals surface area contributed by atoms with Gasteiger partial charge in [-0.15, -0.1) is 9.89 Å². The van der Waals surface area contributed by atoms with Crippen molar-refractivity contribution in [3.05, 3.63) is 78.4 Å². The zero-order chi connectivity index (χ0) is 14.3.